The molecule has 0 atom stereocenters. The average Bonchev–Trinajstić information content (AvgIpc) is 3.14. The molecule has 1 N–H and O–H groups in total. The molecule has 3 aromatic rings. The average molecular weight is 340 g/mol. The van der Waals surface area contributed by atoms with E-state index in [9.17, 15) is 9.90 Å². The molecule has 0 aliphatic carbocycles. The molecular formula is C19H16O4S. The van der Waals surface area contributed by atoms with Gasteiger partial charge in [-0.1, -0.05) is 30.3 Å². The van der Waals surface area contributed by atoms with Crippen LogP contribution in [0, 0.1) is 0 Å². The van der Waals surface area contributed by atoms with Crippen molar-refractivity contribution in [1.82, 2.24) is 0 Å². The van der Waals surface area contributed by atoms with E-state index < -0.39 is 5.97 Å². The molecule has 0 saturated carbocycles. The van der Waals surface area contributed by atoms with Crippen molar-refractivity contribution < 1.29 is 19.1 Å². The molecule has 5 heteroatoms. The third kappa shape index (κ3) is 3.31. The van der Waals surface area contributed by atoms with Gasteiger partial charge in [-0.3, -0.25) is 0 Å². The number of furan rings is 1. The molecule has 1 aromatic heterocycles. The van der Waals surface area contributed by atoms with Crippen LogP contribution >= 0.6 is 11.8 Å². The topological polar surface area (TPSA) is 59.7 Å². The van der Waals surface area contributed by atoms with Gasteiger partial charge in [0.05, 0.1) is 19.6 Å². The van der Waals surface area contributed by atoms with Crippen LogP contribution in [0.1, 0.15) is 15.9 Å². The minimum atomic E-state index is -0.999. The second-order valence-electron chi connectivity index (χ2n) is 5.10. The summed E-state index contributed by atoms with van der Waals surface area (Å²) < 4.78 is 10.5. The molecule has 0 aliphatic heterocycles. The zero-order valence-electron chi connectivity index (χ0n) is 13.1. The molecule has 0 spiro atoms. The monoisotopic (exact) mass is 340 g/mol. The molecule has 0 bridgehead atoms. The molecule has 0 radical (unpaired) electrons. The predicted octanol–water partition coefficient (Wildman–Crippen LogP) is 4.95. The van der Waals surface area contributed by atoms with Gasteiger partial charge in [-0.2, -0.15) is 0 Å². The number of hydrogen-bond acceptors (Lipinski definition) is 4. The molecule has 0 aliphatic rings. The van der Waals surface area contributed by atoms with Crippen molar-refractivity contribution in [2.24, 2.45) is 0 Å². The minimum absolute atomic E-state index is 0.194. The van der Waals surface area contributed by atoms with Crippen molar-refractivity contribution >= 4 is 17.7 Å². The van der Waals surface area contributed by atoms with Crippen LogP contribution in [0.5, 0.6) is 5.75 Å². The zero-order valence-corrected chi connectivity index (χ0v) is 13.9. The van der Waals surface area contributed by atoms with Crippen LogP contribution in [0.15, 0.2) is 70.4 Å². The van der Waals surface area contributed by atoms with E-state index in [1.54, 1.807) is 30.4 Å². The summed E-state index contributed by atoms with van der Waals surface area (Å²) >= 11 is 1.59. The standard InChI is InChI=1S/C19H16O4S/c1-22-18-16(13-9-10-23-11-13)8-7-14(17(18)19(20)21)12-24-15-5-3-2-4-6-15/h2-11H,12H2,1H3,(H,20,21). The molecule has 0 fully saturated rings. The van der Waals surface area contributed by atoms with Gasteiger partial charge < -0.3 is 14.3 Å². The Hall–Kier alpha value is -2.66. The first kappa shape index (κ1) is 16.2. The van der Waals surface area contributed by atoms with Crippen molar-refractivity contribution in [3.63, 3.8) is 0 Å². The van der Waals surface area contributed by atoms with Crippen LogP contribution in [0.3, 0.4) is 0 Å². The lowest BCUT2D eigenvalue weighted by molar-refractivity contribution is 0.0692. The smallest absolute Gasteiger partial charge is 0.339 e. The Balaban J connectivity index is 1.99. The highest BCUT2D eigenvalue weighted by molar-refractivity contribution is 7.98. The SMILES string of the molecule is COc1c(-c2ccoc2)ccc(CSc2ccccc2)c1C(=O)O. The molecule has 0 unspecified atom stereocenters. The first-order valence-electron chi connectivity index (χ1n) is 7.34. The summed E-state index contributed by atoms with van der Waals surface area (Å²) in [7, 11) is 1.49. The van der Waals surface area contributed by atoms with Crippen LogP contribution in [0.2, 0.25) is 0 Å². The van der Waals surface area contributed by atoms with E-state index in [2.05, 4.69) is 0 Å². The molecule has 0 amide bonds. The number of thioether (sulfide) groups is 1. The second kappa shape index (κ2) is 7.27. The largest absolute Gasteiger partial charge is 0.495 e. The van der Waals surface area contributed by atoms with Crippen molar-refractivity contribution in [3.05, 3.63) is 72.2 Å². The fraction of sp³-hybridized carbons (Fsp3) is 0.105. The van der Waals surface area contributed by atoms with Gasteiger partial charge in [0.15, 0.2) is 0 Å². The lowest BCUT2D eigenvalue weighted by atomic mass is 9.99. The van der Waals surface area contributed by atoms with Gasteiger partial charge in [0.1, 0.15) is 11.3 Å². The molecule has 122 valence electrons. The van der Waals surface area contributed by atoms with Gasteiger partial charge in [0.2, 0.25) is 0 Å². The molecule has 1 heterocycles. The van der Waals surface area contributed by atoms with Gasteiger partial charge in [0.25, 0.3) is 0 Å². The van der Waals surface area contributed by atoms with E-state index in [-0.39, 0.29) is 5.56 Å². The van der Waals surface area contributed by atoms with Crippen LogP contribution in [0.25, 0.3) is 11.1 Å². The number of aromatic carboxylic acids is 1. The summed E-state index contributed by atoms with van der Waals surface area (Å²) in [5.74, 6) is -0.0934. The Morgan fingerprint density at radius 2 is 1.96 bits per heavy atom. The summed E-state index contributed by atoms with van der Waals surface area (Å²) in [4.78, 5) is 12.9. The molecule has 2 aromatic carbocycles. The van der Waals surface area contributed by atoms with E-state index in [1.807, 2.05) is 42.5 Å². The summed E-state index contributed by atoms with van der Waals surface area (Å²) in [6.07, 6.45) is 3.12. The van der Waals surface area contributed by atoms with Gasteiger partial charge in [0, 0.05) is 21.8 Å². The third-order valence-corrected chi connectivity index (χ3v) is 4.69. The van der Waals surface area contributed by atoms with E-state index in [1.165, 1.54) is 7.11 Å². The maximum Gasteiger partial charge on any atom is 0.339 e. The highest BCUT2D eigenvalue weighted by atomic mass is 32.2. The summed E-state index contributed by atoms with van der Waals surface area (Å²) in [5, 5.41) is 9.68. The number of carboxylic acids is 1. The number of benzene rings is 2. The Morgan fingerprint density at radius 3 is 2.58 bits per heavy atom. The van der Waals surface area contributed by atoms with Gasteiger partial charge in [-0.15, -0.1) is 11.8 Å². The predicted molar refractivity (Wildman–Crippen MR) is 93.7 cm³/mol. The van der Waals surface area contributed by atoms with Crippen LogP contribution in [-0.2, 0) is 5.75 Å². The van der Waals surface area contributed by atoms with Crippen LogP contribution in [0.4, 0.5) is 0 Å². The van der Waals surface area contributed by atoms with Crippen molar-refractivity contribution in [2.45, 2.75) is 10.6 Å². The Morgan fingerprint density at radius 1 is 1.17 bits per heavy atom. The highest BCUT2D eigenvalue weighted by Gasteiger charge is 2.21. The summed E-state index contributed by atoms with van der Waals surface area (Å²) in [5.41, 5.74) is 2.41. The third-order valence-electron chi connectivity index (χ3n) is 3.63. The number of rotatable bonds is 6. The minimum Gasteiger partial charge on any atom is -0.495 e. The summed E-state index contributed by atoms with van der Waals surface area (Å²) in [6, 6.07) is 15.4. The quantitative estimate of drug-likeness (QED) is 0.644. The fourth-order valence-corrected chi connectivity index (χ4v) is 3.43. The Bertz CT molecular complexity index is 826. The second-order valence-corrected chi connectivity index (χ2v) is 6.15. The van der Waals surface area contributed by atoms with Gasteiger partial charge >= 0.3 is 5.97 Å². The molecule has 3 rings (SSSR count). The Kier molecular flexibility index (Phi) is 4.91. The maximum absolute atomic E-state index is 11.8. The number of methoxy groups -OCH3 is 1. The highest BCUT2D eigenvalue weighted by Crippen LogP contribution is 2.37. The van der Waals surface area contributed by atoms with Crippen LogP contribution in [-0.4, -0.2) is 18.2 Å². The van der Waals surface area contributed by atoms with E-state index in [4.69, 9.17) is 9.15 Å². The number of hydrogen-bond donors (Lipinski definition) is 1. The first-order valence-corrected chi connectivity index (χ1v) is 8.33. The van der Waals surface area contributed by atoms with Crippen molar-refractivity contribution in [3.8, 4) is 16.9 Å². The van der Waals surface area contributed by atoms with E-state index in [0.29, 0.717) is 17.1 Å². The zero-order chi connectivity index (χ0) is 16.9. The fourth-order valence-electron chi connectivity index (χ4n) is 2.51. The first-order chi connectivity index (χ1) is 11.7. The van der Waals surface area contributed by atoms with Crippen molar-refractivity contribution in [1.29, 1.82) is 0 Å². The molecule has 24 heavy (non-hydrogen) atoms. The van der Waals surface area contributed by atoms with Gasteiger partial charge in [-0.05, 0) is 23.8 Å². The normalized spacial score (nSPS) is 10.5. The maximum atomic E-state index is 11.8. The number of carboxylic acid groups (broad SMARTS) is 1. The molecular weight excluding hydrogens is 324 g/mol. The van der Waals surface area contributed by atoms with E-state index in [0.717, 1.165) is 16.0 Å². The lowest BCUT2D eigenvalue weighted by Gasteiger charge is -2.14. The van der Waals surface area contributed by atoms with Crippen LogP contribution < -0.4 is 4.74 Å². The van der Waals surface area contributed by atoms with Gasteiger partial charge in [-0.25, -0.2) is 4.79 Å². The summed E-state index contributed by atoms with van der Waals surface area (Å²) in [6.45, 7) is 0. The molecule has 0 saturated heterocycles. The number of carbonyl (C=O) groups is 1. The van der Waals surface area contributed by atoms with Crippen molar-refractivity contribution in [2.75, 3.05) is 7.11 Å². The van der Waals surface area contributed by atoms with E-state index >= 15 is 0 Å². The molecule has 4 nitrogen and oxygen atoms in total. The lowest BCUT2D eigenvalue weighted by Crippen LogP contribution is -2.06. The Labute approximate surface area is 144 Å². The number of ether oxygens (including phenoxy) is 1.